The lowest BCUT2D eigenvalue weighted by molar-refractivity contribution is -0.139. The molecule has 0 spiro atoms. The van der Waals surface area contributed by atoms with Crippen molar-refractivity contribution in [2.24, 2.45) is 17.8 Å². The molecule has 0 aromatic carbocycles. The summed E-state index contributed by atoms with van der Waals surface area (Å²) in [6.07, 6.45) is 5.17. The van der Waals surface area contributed by atoms with Gasteiger partial charge in [-0.25, -0.2) is 0 Å². The summed E-state index contributed by atoms with van der Waals surface area (Å²) in [4.78, 5) is 26.2. The Labute approximate surface area is 138 Å². The molecular formula is C17H29N3O3. The van der Waals surface area contributed by atoms with Gasteiger partial charge in [0.25, 0.3) is 0 Å². The van der Waals surface area contributed by atoms with Crippen LogP contribution in [-0.4, -0.2) is 62.1 Å². The maximum atomic E-state index is 12.0. The first-order valence-corrected chi connectivity index (χ1v) is 9.02. The minimum Gasteiger partial charge on any atom is -0.379 e. The number of carbonyl (C=O) groups is 2. The van der Waals surface area contributed by atoms with Gasteiger partial charge in [-0.15, -0.1) is 0 Å². The third kappa shape index (κ3) is 4.23. The molecule has 130 valence electrons. The van der Waals surface area contributed by atoms with E-state index in [2.05, 4.69) is 15.5 Å². The molecular weight excluding hydrogens is 294 g/mol. The lowest BCUT2D eigenvalue weighted by atomic mass is 9.84. The fourth-order valence-corrected chi connectivity index (χ4v) is 4.52. The van der Waals surface area contributed by atoms with E-state index in [4.69, 9.17) is 4.74 Å². The van der Waals surface area contributed by atoms with Crippen LogP contribution in [0.3, 0.4) is 0 Å². The Balaban J connectivity index is 1.35. The number of ether oxygens (including phenoxy) is 1. The Morgan fingerprint density at radius 3 is 2.61 bits per heavy atom. The van der Waals surface area contributed by atoms with Gasteiger partial charge in [0, 0.05) is 32.2 Å². The summed E-state index contributed by atoms with van der Waals surface area (Å²) in [5, 5.41) is 5.64. The molecule has 0 aromatic rings. The van der Waals surface area contributed by atoms with E-state index in [-0.39, 0.29) is 6.04 Å². The van der Waals surface area contributed by atoms with Gasteiger partial charge in [0.05, 0.1) is 13.2 Å². The van der Waals surface area contributed by atoms with E-state index >= 15 is 0 Å². The zero-order valence-corrected chi connectivity index (χ0v) is 14.1. The molecule has 0 radical (unpaired) electrons. The first kappa shape index (κ1) is 16.7. The van der Waals surface area contributed by atoms with E-state index in [1.807, 2.05) is 6.92 Å². The fourth-order valence-electron chi connectivity index (χ4n) is 4.52. The van der Waals surface area contributed by atoms with E-state index in [1.165, 1.54) is 25.7 Å². The van der Waals surface area contributed by atoms with Crippen LogP contribution in [0.4, 0.5) is 0 Å². The molecule has 6 nitrogen and oxygen atoms in total. The summed E-state index contributed by atoms with van der Waals surface area (Å²) >= 11 is 0. The molecule has 0 aromatic heterocycles. The Morgan fingerprint density at radius 2 is 1.96 bits per heavy atom. The lowest BCUT2D eigenvalue weighted by Gasteiger charge is -2.28. The van der Waals surface area contributed by atoms with Gasteiger partial charge in [-0.3, -0.25) is 14.5 Å². The van der Waals surface area contributed by atoms with Crippen LogP contribution in [0.5, 0.6) is 0 Å². The van der Waals surface area contributed by atoms with E-state index in [0.717, 1.165) is 44.7 Å². The molecule has 4 atom stereocenters. The number of fused-ring (bicyclic) bond motifs is 2. The average Bonchev–Trinajstić information content (AvgIpc) is 3.18. The van der Waals surface area contributed by atoms with Gasteiger partial charge in [-0.2, -0.15) is 0 Å². The third-order valence-electron chi connectivity index (χ3n) is 5.82. The standard InChI is InChI=1S/C17H29N3O3/c1-12(15-11-13-2-3-14(15)10-13)19-17(22)16(21)18-4-5-20-6-8-23-9-7-20/h12-15H,2-11H2,1H3,(H,18,21)(H,19,22). The van der Waals surface area contributed by atoms with Crippen molar-refractivity contribution in [2.45, 2.75) is 38.6 Å². The predicted molar refractivity (Wildman–Crippen MR) is 86.8 cm³/mol. The van der Waals surface area contributed by atoms with Gasteiger partial charge < -0.3 is 15.4 Å². The summed E-state index contributed by atoms with van der Waals surface area (Å²) in [5.41, 5.74) is 0. The van der Waals surface area contributed by atoms with Crippen molar-refractivity contribution < 1.29 is 14.3 Å². The van der Waals surface area contributed by atoms with Crippen LogP contribution in [0.25, 0.3) is 0 Å². The number of hydrogen-bond donors (Lipinski definition) is 2. The Bertz CT molecular complexity index is 437. The highest BCUT2D eigenvalue weighted by atomic mass is 16.5. The highest BCUT2D eigenvalue weighted by molar-refractivity contribution is 6.35. The van der Waals surface area contributed by atoms with Gasteiger partial charge >= 0.3 is 11.8 Å². The SMILES string of the molecule is CC(NC(=O)C(=O)NCCN1CCOCC1)C1CC2CCC1C2. The molecule has 1 aliphatic heterocycles. The van der Waals surface area contributed by atoms with Crippen LogP contribution in [0, 0.1) is 17.8 Å². The first-order chi connectivity index (χ1) is 11.1. The number of nitrogens with zero attached hydrogens (tertiary/aromatic N) is 1. The van der Waals surface area contributed by atoms with Crippen molar-refractivity contribution in [3.63, 3.8) is 0 Å². The molecule has 2 N–H and O–H groups in total. The maximum absolute atomic E-state index is 12.0. The molecule has 3 aliphatic rings. The molecule has 2 aliphatic carbocycles. The first-order valence-electron chi connectivity index (χ1n) is 9.02. The maximum Gasteiger partial charge on any atom is 0.309 e. The van der Waals surface area contributed by atoms with Crippen LogP contribution in [0.15, 0.2) is 0 Å². The van der Waals surface area contributed by atoms with Crippen molar-refractivity contribution >= 4 is 11.8 Å². The Morgan fingerprint density at radius 1 is 1.17 bits per heavy atom. The molecule has 1 saturated heterocycles. The van der Waals surface area contributed by atoms with Crippen molar-refractivity contribution in [3.05, 3.63) is 0 Å². The topological polar surface area (TPSA) is 70.7 Å². The highest BCUT2D eigenvalue weighted by Crippen LogP contribution is 2.49. The summed E-state index contributed by atoms with van der Waals surface area (Å²) in [6, 6.07) is 0.0998. The lowest BCUT2D eigenvalue weighted by Crippen LogP contribution is -2.48. The monoisotopic (exact) mass is 323 g/mol. The second-order valence-corrected chi connectivity index (χ2v) is 7.31. The summed E-state index contributed by atoms with van der Waals surface area (Å²) in [6.45, 7) is 6.60. The quantitative estimate of drug-likeness (QED) is 0.718. The van der Waals surface area contributed by atoms with E-state index < -0.39 is 11.8 Å². The van der Waals surface area contributed by atoms with E-state index in [0.29, 0.717) is 12.5 Å². The predicted octanol–water partition coefficient (Wildman–Crippen LogP) is 0.376. The van der Waals surface area contributed by atoms with Crippen molar-refractivity contribution in [1.29, 1.82) is 0 Å². The number of amides is 2. The van der Waals surface area contributed by atoms with Gasteiger partial charge in [0.15, 0.2) is 0 Å². The molecule has 3 fully saturated rings. The third-order valence-corrected chi connectivity index (χ3v) is 5.82. The zero-order valence-electron chi connectivity index (χ0n) is 14.1. The second kappa shape index (κ2) is 7.62. The van der Waals surface area contributed by atoms with Crippen LogP contribution >= 0.6 is 0 Å². The minimum absolute atomic E-state index is 0.0998. The van der Waals surface area contributed by atoms with E-state index in [9.17, 15) is 9.59 Å². The van der Waals surface area contributed by atoms with Gasteiger partial charge in [0.2, 0.25) is 0 Å². The highest BCUT2D eigenvalue weighted by Gasteiger charge is 2.42. The normalized spacial score (nSPS) is 31.8. The summed E-state index contributed by atoms with van der Waals surface area (Å²) in [7, 11) is 0. The molecule has 2 bridgehead atoms. The average molecular weight is 323 g/mol. The molecule has 1 heterocycles. The number of hydrogen-bond acceptors (Lipinski definition) is 4. The van der Waals surface area contributed by atoms with Crippen LogP contribution in [0.2, 0.25) is 0 Å². The van der Waals surface area contributed by atoms with Crippen LogP contribution < -0.4 is 10.6 Å². The van der Waals surface area contributed by atoms with Gasteiger partial charge in [-0.05, 0) is 43.9 Å². The molecule has 4 unspecified atom stereocenters. The van der Waals surface area contributed by atoms with Crippen molar-refractivity contribution in [3.8, 4) is 0 Å². The summed E-state index contributed by atoms with van der Waals surface area (Å²) < 4.78 is 5.29. The Kier molecular flexibility index (Phi) is 5.54. The second-order valence-electron chi connectivity index (χ2n) is 7.31. The van der Waals surface area contributed by atoms with Crippen LogP contribution in [0.1, 0.15) is 32.6 Å². The van der Waals surface area contributed by atoms with E-state index in [1.54, 1.807) is 0 Å². The molecule has 2 saturated carbocycles. The van der Waals surface area contributed by atoms with Crippen molar-refractivity contribution in [2.75, 3.05) is 39.4 Å². The number of carbonyl (C=O) groups excluding carboxylic acids is 2. The largest absolute Gasteiger partial charge is 0.379 e. The minimum atomic E-state index is -0.506. The molecule has 23 heavy (non-hydrogen) atoms. The Hall–Kier alpha value is -1.14. The zero-order chi connectivity index (χ0) is 16.2. The molecule has 3 rings (SSSR count). The number of morpholine rings is 1. The molecule has 2 amide bonds. The molecule has 6 heteroatoms. The fraction of sp³-hybridized carbons (Fsp3) is 0.882. The van der Waals surface area contributed by atoms with Crippen molar-refractivity contribution in [1.82, 2.24) is 15.5 Å². The van der Waals surface area contributed by atoms with Gasteiger partial charge in [-0.1, -0.05) is 6.42 Å². The van der Waals surface area contributed by atoms with Gasteiger partial charge in [0.1, 0.15) is 0 Å². The summed E-state index contributed by atoms with van der Waals surface area (Å²) in [5.74, 6) is 1.17. The number of rotatable bonds is 5. The number of nitrogens with one attached hydrogen (secondary N) is 2. The smallest absolute Gasteiger partial charge is 0.309 e. The van der Waals surface area contributed by atoms with Crippen LogP contribution in [-0.2, 0) is 14.3 Å².